The summed E-state index contributed by atoms with van der Waals surface area (Å²) >= 11 is 5.90. The lowest BCUT2D eigenvalue weighted by atomic mass is 10.2. The minimum atomic E-state index is -3.98. The Morgan fingerprint density at radius 2 is 1.96 bits per heavy atom. The highest BCUT2D eigenvalue weighted by molar-refractivity contribution is 7.92. The zero-order chi connectivity index (χ0) is 17.5. The van der Waals surface area contributed by atoms with Crippen molar-refractivity contribution in [3.63, 3.8) is 0 Å². The summed E-state index contributed by atoms with van der Waals surface area (Å²) in [6.45, 7) is 3.22. The fraction of sp³-hybridized carbons (Fsp3) is 0.286. The summed E-state index contributed by atoms with van der Waals surface area (Å²) < 4.78 is 28.2. The standard InChI is InChI=1S/C14H16ClN3O4S/c1-8-13(9(2)17(3)16-8)23(21,22)18(4)12-7-10(15)5-6-11(12)14(19)20/h5-7H,1-4H3,(H,19,20). The Hall–Kier alpha value is -2.06. The van der Waals surface area contributed by atoms with E-state index in [0.29, 0.717) is 11.4 Å². The summed E-state index contributed by atoms with van der Waals surface area (Å²) in [4.78, 5) is 11.4. The van der Waals surface area contributed by atoms with Crippen molar-refractivity contribution in [2.24, 2.45) is 7.05 Å². The van der Waals surface area contributed by atoms with E-state index in [2.05, 4.69) is 5.10 Å². The van der Waals surface area contributed by atoms with Crippen molar-refractivity contribution >= 4 is 33.3 Å². The first-order valence-electron chi connectivity index (χ1n) is 6.59. The SMILES string of the molecule is Cc1nn(C)c(C)c1S(=O)(=O)N(C)c1cc(Cl)ccc1C(=O)O. The fourth-order valence-corrected chi connectivity index (χ4v) is 4.11. The van der Waals surface area contributed by atoms with Crippen molar-refractivity contribution in [3.8, 4) is 0 Å². The van der Waals surface area contributed by atoms with Gasteiger partial charge in [0.1, 0.15) is 4.90 Å². The molecule has 0 aliphatic rings. The maximum absolute atomic E-state index is 12.9. The molecule has 1 aromatic heterocycles. The highest BCUT2D eigenvalue weighted by Gasteiger charge is 2.30. The van der Waals surface area contributed by atoms with E-state index in [1.165, 1.54) is 29.9 Å². The molecule has 0 fully saturated rings. The van der Waals surface area contributed by atoms with Gasteiger partial charge >= 0.3 is 5.97 Å². The number of carbonyl (C=O) groups is 1. The number of carboxylic acids is 1. The Morgan fingerprint density at radius 1 is 1.35 bits per heavy atom. The number of aromatic nitrogens is 2. The summed E-state index contributed by atoms with van der Waals surface area (Å²) in [6.07, 6.45) is 0. The molecule has 2 rings (SSSR count). The third-order valence-corrected chi connectivity index (χ3v) is 5.85. The molecule has 9 heteroatoms. The van der Waals surface area contributed by atoms with E-state index in [0.717, 1.165) is 4.31 Å². The maximum Gasteiger partial charge on any atom is 0.337 e. The van der Waals surface area contributed by atoms with Crippen LogP contribution in [-0.4, -0.2) is 36.3 Å². The van der Waals surface area contributed by atoms with E-state index < -0.39 is 16.0 Å². The molecular weight excluding hydrogens is 342 g/mol. The van der Waals surface area contributed by atoms with E-state index in [-0.39, 0.29) is 21.2 Å². The molecule has 2 aromatic rings. The Labute approximate surface area is 139 Å². The van der Waals surface area contributed by atoms with Gasteiger partial charge in [-0.1, -0.05) is 11.6 Å². The molecule has 0 saturated heterocycles. The molecule has 0 radical (unpaired) electrons. The van der Waals surface area contributed by atoms with Gasteiger partial charge in [0.15, 0.2) is 0 Å². The van der Waals surface area contributed by atoms with Crippen LogP contribution in [0.4, 0.5) is 5.69 Å². The molecule has 0 atom stereocenters. The molecule has 1 heterocycles. The van der Waals surface area contributed by atoms with E-state index >= 15 is 0 Å². The molecule has 0 spiro atoms. The molecule has 1 N–H and O–H groups in total. The number of hydrogen-bond acceptors (Lipinski definition) is 4. The van der Waals surface area contributed by atoms with Crippen molar-refractivity contribution in [2.75, 3.05) is 11.4 Å². The third kappa shape index (κ3) is 2.91. The number of hydrogen-bond donors (Lipinski definition) is 1. The summed E-state index contributed by atoms with van der Waals surface area (Å²) in [5, 5.41) is 13.6. The number of anilines is 1. The summed E-state index contributed by atoms with van der Waals surface area (Å²) in [6, 6.07) is 3.98. The Balaban J connectivity index is 2.67. The van der Waals surface area contributed by atoms with E-state index in [1.807, 2.05) is 0 Å². The zero-order valence-electron chi connectivity index (χ0n) is 13.0. The summed E-state index contributed by atoms with van der Waals surface area (Å²) in [5.41, 5.74) is 0.649. The predicted molar refractivity (Wildman–Crippen MR) is 86.7 cm³/mol. The maximum atomic E-state index is 12.9. The Kier molecular flexibility index (Phi) is 4.41. The molecule has 23 heavy (non-hydrogen) atoms. The van der Waals surface area contributed by atoms with Gasteiger partial charge in [-0.15, -0.1) is 0 Å². The third-order valence-electron chi connectivity index (χ3n) is 3.59. The van der Waals surface area contributed by atoms with Gasteiger partial charge in [-0.3, -0.25) is 8.99 Å². The van der Waals surface area contributed by atoms with Crippen LogP contribution in [0.15, 0.2) is 23.1 Å². The molecule has 1 aromatic carbocycles. The number of halogens is 1. The van der Waals surface area contributed by atoms with Gasteiger partial charge in [-0.2, -0.15) is 5.10 Å². The molecule has 7 nitrogen and oxygen atoms in total. The first-order valence-corrected chi connectivity index (χ1v) is 8.41. The van der Waals surface area contributed by atoms with Crippen LogP contribution in [0.2, 0.25) is 5.02 Å². The molecule has 0 bridgehead atoms. The van der Waals surface area contributed by atoms with Crippen molar-refractivity contribution in [3.05, 3.63) is 40.2 Å². The topological polar surface area (TPSA) is 92.5 Å². The monoisotopic (exact) mass is 357 g/mol. The molecular formula is C14H16ClN3O4S. The normalized spacial score (nSPS) is 11.5. The van der Waals surface area contributed by atoms with Gasteiger partial charge in [-0.25, -0.2) is 13.2 Å². The first-order chi connectivity index (χ1) is 10.6. The van der Waals surface area contributed by atoms with Gasteiger partial charge in [0.05, 0.1) is 22.6 Å². The molecule has 0 aliphatic heterocycles. The van der Waals surface area contributed by atoms with Crippen LogP contribution in [-0.2, 0) is 17.1 Å². The van der Waals surface area contributed by atoms with Gasteiger partial charge in [0, 0.05) is 19.1 Å². The Bertz CT molecular complexity index is 890. The van der Waals surface area contributed by atoms with Crippen molar-refractivity contribution < 1.29 is 18.3 Å². The van der Waals surface area contributed by atoms with Gasteiger partial charge in [0.2, 0.25) is 0 Å². The van der Waals surface area contributed by atoms with Crippen molar-refractivity contribution in [2.45, 2.75) is 18.7 Å². The minimum absolute atomic E-state index is 0.00680. The van der Waals surface area contributed by atoms with E-state index in [9.17, 15) is 18.3 Å². The number of rotatable bonds is 4. The number of aryl methyl sites for hydroxylation is 2. The highest BCUT2D eigenvalue weighted by Crippen LogP contribution is 2.30. The second-order valence-corrected chi connectivity index (χ2v) is 7.41. The smallest absolute Gasteiger partial charge is 0.337 e. The summed E-state index contributed by atoms with van der Waals surface area (Å²) in [5.74, 6) is -1.24. The second-order valence-electron chi connectivity index (χ2n) is 5.06. The van der Waals surface area contributed by atoms with Crippen LogP contribution in [0.1, 0.15) is 21.7 Å². The average Bonchev–Trinajstić information content (AvgIpc) is 2.71. The molecule has 0 aliphatic carbocycles. The number of aromatic carboxylic acids is 1. The van der Waals surface area contributed by atoms with Crippen LogP contribution >= 0.6 is 11.6 Å². The second kappa shape index (κ2) is 5.86. The number of carboxylic acid groups (broad SMARTS) is 1. The van der Waals surface area contributed by atoms with Gasteiger partial charge < -0.3 is 5.11 Å². The number of sulfonamides is 1. The largest absolute Gasteiger partial charge is 0.478 e. The zero-order valence-corrected chi connectivity index (χ0v) is 14.6. The van der Waals surface area contributed by atoms with E-state index in [1.54, 1.807) is 20.9 Å². The lowest BCUT2D eigenvalue weighted by molar-refractivity contribution is 0.0698. The lowest BCUT2D eigenvalue weighted by Gasteiger charge is -2.21. The highest BCUT2D eigenvalue weighted by atomic mass is 35.5. The van der Waals surface area contributed by atoms with E-state index in [4.69, 9.17) is 11.6 Å². The molecule has 124 valence electrons. The van der Waals surface area contributed by atoms with Crippen LogP contribution in [0, 0.1) is 13.8 Å². The van der Waals surface area contributed by atoms with Gasteiger partial charge in [-0.05, 0) is 32.0 Å². The quantitative estimate of drug-likeness (QED) is 0.905. The average molecular weight is 358 g/mol. The minimum Gasteiger partial charge on any atom is -0.478 e. The van der Waals surface area contributed by atoms with Crippen LogP contribution in [0.5, 0.6) is 0 Å². The van der Waals surface area contributed by atoms with Crippen LogP contribution in [0.25, 0.3) is 0 Å². The molecule has 0 unspecified atom stereocenters. The van der Waals surface area contributed by atoms with Crippen LogP contribution < -0.4 is 4.31 Å². The van der Waals surface area contributed by atoms with Crippen molar-refractivity contribution in [1.29, 1.82) is 0 Å². The van der Waals surface area contributed by atoms with Crippen LogP contribution in [0.3, 0.4) is 0 Å². The molecule has 0 amide bonds. The lowest BCUT2D eigenvalue weighted by Crippen LogP contribution is -2.29. The first kappa shape index (κ1) is 17.3. The number of benzene rings is 1. The predicted octanol–water partition coefficient (Wildman–Crippen LogP) is 2.21. The molecule has 0 saturated carbocycles. The Morgan fingerprint density at radius 3 is 2.43 bits per heavy atom. The fourth-order valence-electron chi connectivity index (χ4n) is 2.34. The van der Waals surface area contributed by atoms with Gasteiger partial charge in [0.25, 0.3) is 10.0 Å². The van der Waals surface area contributed by atoms with Crippen molar-refractivity contribution in [1.82, 2.24) is 9.78 Å². The summed E-state index contributed by atoms with van der Waals surface area (Å²) in [7, 11) is -1.04. The number of nitrogens with zero attached hydrogens (tertiary/aromatic N) is 3.